The summed E-state index contributed by atoms with van der Waals surface area (Å²) in [6.07, 6.45) is 4.17. The van der Waals surface area contributed by atoms with Crippen LogP contribution in [0.4, 0.5) is 0 Å². The van der Waals surface area contributed by atoms with E-state index in [-0.39, 0.29) is 17.9 Å². The van der Waals surface area contributed by atoms with Gasteiger partial charge >= 0.3 is 5.97 Å². The normalized spacial score (nSPS) is 22.9. The number of benzene rings is 1. The third-order valence-electron chi connectivity index (χ3n) is 5.58. The van der Waals surface area contributed by atoms with E-state index in [4.69, 9.17) is 21.4 Å². The molecule has 2 aliphatic rings. The SMILES string of the molecule is CCOc1ccc(-c2ccc(C=C3SC(=S)N(C4CCC(C(=O)O)CC4)C3=O)o2)cc1. The van der Waals surface area contributed by atoms with Crippen LogP contribution < -0.4 is 4.74 Å². The summed E-state index contributed by atoms with van der Waals surface area (Å²) in [5, 5.41) is 9.19. The first-order valence-corrected chi connectivity index (χ1v) is 11.5. The second kappa shape index (κ2) is 9.28. The van der Waals surface area contributed by atoms with Gasteiger partial charge in [-0.25, -0.2) is 0 Å². The number of carbonyl (C=O) groups is 2. The molecule has 4 rings (SSSR count). The van der Waals surface area contributed by atoms with Crippen LogP contribution in [0.5, 0.6) is 5.75 Å². The van der Waals surface area contributed by atoms with Crippen molar-refractivity contribution in [2.24, 2.45) is 5.92 Å². The van der Waals surface area contributed by atoms with E-state index in [0.717, 1.165) is 11.3 Å². The molecular weight excluding hydrogens is 434 g/mol. The molecule has 1 saturated heterocycles. The molecule has 1 aromatic carbocycles. The van der Waals surface area contributed by atoms with Crippen LogP contribution in [0.3, 0.4) is 0 Å². The van der Waals surface area contributed by atoms with Gasteiger partial charge in [0.2, 0.25) is 0 Å². The molecule has 0 bridgehead atoms. The molecule has 1 saturated carbocycles. The first-order valence-electron chi connectivity index (χ1n) is 10.3. The summed E-state index contributed by atoms with van der Waals surface area (Å²) in [5.74, 6) is 0.877. The number of carbonyl (C=O) groups excluding carboxylic acids is 1. The lowest BCUT2D eigenvalue weighted by molar-refractivity contribution is -0.143. The predicted molar refractivity (Wildman–Crippen MR) is 124 cm³/mol. The van der Waals surface area contributed by atoms with Gasteiger partial charge in [-0.15, -0.1) is 0 Å². The second-order valence-corrected chi connectivity index (χ2v) is 9.23. The van der Waals surface area contributed by atoms with Gasteiger partial charge in [-0.1, -0.05) is 24.0 Å². The molecule has 0 unspecified atom stereocenters. The van der Waals surface area contributed by atoms with E-state index >= 15 is 0 Å². The van der Waals surface area contributed by atoms with E-state index in [1.807, 2.05) is 43.3 Å². The Morgan fingerprint density at radius 1 is 1.23 bits per heavy atom. The fourth-order valence-electron chi connectivity index (χ4n) is 3.97. The van der Waals surface area contributed by atoms with Gasteiger partial charge in [0.05, 0.1) is 17.4 Å². The maximum Gasteiger partial charge on any atom is 0.306 e. The van der Waals surface area contributed by atoms with Crippen molar-refractivity contribution in [2.75, 3.05) is 6.61 Å². The number of hydrogen-bond donors (Lipinski definition) is 1. The van der Waals surface area contributed by atoms with Crippen molar-refractivity contribution >= 4 is 46.3 Å². The molecular formula is C23H23NO5S2. The number of carboxylic acids is 1. The Morgan fingerprint density at radius 3 is 2.58 bits per heavy atom. The van der Waals surface area contributed by atoms with Gasteiger partial charge in [-0.05, 0) is 69.0 Å². The molecule has 0 radical (unpaired) electrons. The highest BCUT2D eigenvalue weighted by Crippen LogP contribution is 2.38. The highest BCUT2D eigenvalue weighted by atomic mass is 32.2. The van der Waals surface area contributed by atoms with E-state index in [9.17, 15) is 14.7 Å². The lowest BCUT2D eigenvalue weighted by Gasteiger charge is -2.32. The number of amides is 1. The Balaban J connectivity index is 1.45. The van der Waals surface area contributed by atoms with Gasteiger partial charge in [-0.2, -0.15) is 0 Å². The summed E-state index contributed by atoms with van der Waals surface area (Å²) in [6, 6.07) is 11.3. The molecule has 2 heterocycles. The number of ether oxygens (including phenoxy) is 1. The third kappa shape index (κ3) is 4.70. The van der Waals surface area contributed by atoms with Crippen LogP contribution in [-0.2, 0) is 9.59 Å². The highest BCUT2D eigenvalue weighted by Gasteiger charge is 2.39. The van der Waals surface area contributed by atoms with E-state index in [1.165, 1.54) is 11.8 Å². The summed E-state index contributed by atoms with van der Waals surface area (Å²) < 4.78 is 11.9. The standard InChI is InChI=1S/C23H23NO5S2/c1-2-28-17-9-5-14(6-10-17)19-12-11-18(29-19)13-20-21(25)24(23(30)31-20)16-7-3-15(4-8-16)22(26)27/h5-6,9-13,15-16H,2-4,7-8H2,1H3,(H,26,27). The molecule has 31 heavy (non-hydrogen) atoms. The minimum Gasteiger partial charge on any atom is -0.494 e. The van der Waals surface area contributed by atoms with Gasteiger partial charge < -0.3 is 14.3 Å². The Kier molecular flexibility index (Phi) is 6.48. The number of thiocarbonyl (C=S) groups is 1. The number of nitrogens with zero attached hydrogens (tertiary/aromatic N) is 1. The minimum atomic E-state index is -0.759. The van der Waals surface area contributed by atoms with E-state index in [0.29, 0.717) is 53.0 Å². The van der Waals surface area contributed by atoms with Crippen LogP contribution in [0.15, 0.2) is 45.7 Å². The van der Waals surface area contributed by atoms with Crippen LogP contribution in [0.2, 0.25) is 0 Å². The van der Waals surface area contributed by atoms with Gasteiger partial charge in [-0.3, -0.25) is 14.5 Å². The van der Waals surface area contributed by atoms with Crippen LogP contribution in [0.1, 0.15) is 38.4 Å². The van der Waals surface area contributed by atoms with Gasteiger partial charge in [0.1, 0.15) is 21.6 Å². The summed E-state index contributed by atoms with van der Waals surface area (Å²) in [7, 11) is 0. The maximum absolute atomic E-state index is 13.0. The molecule has 8 heteroatoms. The fraction of sp³-hybridized carbons (Fsp3) is 0.348. The van der Waals surface area contributed by atoms with Crippen molar-refractivity contribution < 1.29 is 23.8 Å². The number of furan rings is 1. The van der Waals surface area contributed by atoms with Crippen molar-refractivity contribution in [3.63, 3.8) is 0 Å². The largest absolute Gasteiger partial charge is 0.494 e. The lowest BCUT2D eigenvalue weighted by atomic mass is 9.85. The van der Waals surface area contributed by atoms with Crippen molar-refractivity contribution in [1.29, 1.82) is 0 Å². The molecule has 1 N–H and O–H groups in total. The average molecular weight is 458 g/mol. The molecule has 0 spiro atoms. The zero-order valence-corrected chi connectivity index (χ0v) is 18.7. The Hall–Kier alpha value is -2.58. The number of thioether (sulfide) groups is 1. The van der Waals surface area contributed by atoms with Crippen molar-refractivity contribution in [3.05, 3.63) is 47.1 Å². The van der Waals surface area contributed by atoms with E-state index in [1.54, 1.807) is 11.0 Å². The number of hydrogen-bond acceptors (Lipinski definition) is 6. The zero-order valence-electron chi connectivity index (χ0n) is 17.1. The van der Waals surface area contributed by atoms with Crippen LogP contribution in [0.25, 0.3) is 17.4 Å². The maximum atomic E-state index is 13.0. The number of rotatable bonds is 6. The molecule has 1 aromatic heterocycles. The highest BCUT2D eigenvalue weighted by molar-refractivity contribution is 8.26. The summed E-state index contributed by atoms with van der Waals surface area (Å²) >= 11 is 6.72. The molecule has 0 atom stereocenters. The Bertz CT molecular complexity index is 1020. The van der Waals surface area contributed by atoms with Crippen molar-refractivity contribution in [3.8, 4) is 17.1 Å². The number of aliphatic carboxylic acids is 1. The fourth-order valence-corrected chi connectivity index (χ4v) is 5.35. The first kappa shape index (κ1) is 21.6. The van der Waals surface area contributed by atoms with Crippen molar-refractivity contribution in [2.45, 2.75) is 38.6 Å². The second-order valence-electron chi connectivity index (χ2n) is 7.55. The van der Waals surface area contributed by atoms with E-state index < -0.39 is 5.97 Å². The van der Waals surface area contributed by atoms with Crippen LogP contribution in [0, 0.1) is 5.92 Å². The quantitative estimate of drug-likeness (QED) is 0.472. The van der Waals surface area contributed by atoms with Crippen LogP contribution >= 0.6 is 24.0 Å². The topological polar surface area (TPSA) is 80.0 Å². The molecule has 1 amide bonds. The minimum absolute atomic E-state index is 0.0370. The van der Waals surface area contributed by atoms with Crippen molar-refractivity contribution in [1.82, 2.24) is 4.90 Å². The van der Waals surface area contributed by atoms with Gasteiger partial charge in [0.15, 0.2) is 0 Å². The third-order valence-corrected chi connectivity index (χ3v) is 6.92. The first-order chi connectivity index (χ1) is 15.0. The predicted octanol–water partition coefficient (Wildman–Crippen LogP) is 5.19. The Morgan fingerprint density at radius 2 is 1.94 bits per heavy atom. The lowest BCUT2D eigenvalue weighted by Crippen LogP contribution is -2.41. The smallest absolute Gasteiger partial charge is 0.306 e. The van der Waals surface area contributed by atoms with Crippen LogP contribution in [-0.4, -0.2) is 38.9 Å². The van der Waals surface area contributed by atoms with Gasteiger partial charge in [0.25, 0.3) is 5.91 Å². The molecule has 1 aliphatic heterocycles. The summed E-state index contributed by atoms with van der Waals surface area (Å²) in [5.41, 5.74) is 0.922. The monoisotopic (exact) mass is 457 g/mol. The molecule has 2 fully saturated rings. The molecule has 2 aromatic rings. The Labute approximate surface area is 190 Å². The van der Waals surface area contributed by atoms with Gasteiger partial charge in [0, 0.05) is 17.7 Å². The summed E-state index contributed by atoms with van der Waals surface area (Å²) in [4.78, 5) is 26.3. The molecule has 6 nitrogen and oxygen atoms in total. The summed E-state index contributed by atoms with van der Waals surface area (Å²) in [6.45, 7) is 2.56. The van der Waals surface area contributed by atoms with E-state index in [2.05, 4.69) is 0 Å². The molecule has 1 aliphatic carbocycles. The zero-order chi connectivity index (χ0) is 22.0. The number of carboxylic acid groups (broad SMARTS) is 1. The average Bonchev–Trinajstić information content (AvgIpc) is 3.33. The molecule has 162 valence electrons.